The van der Waals surface area contributed by atoms with E-state index < -0.39 is 23.9 Å². The van der Waals surface area contributed by atoms with E-state index in [9.17, 15) is 19.8 Å². The standard InChI is InChI=1S/C17H25NO6/c1-17(2,3)24-16(22)18-8-7-14(20)15(21)13-6-5-12(23-4)9-11(13)10-19/h5-6,9-10,14-15,20-21H,7-8H2,1-4H3,(H,18,22). The van der Waals surface area contributed by atoms with E-state index in [2.05, 4.69) is 5.32 Å². The molecular formula is C17H25NO6. The minimum Gasteiger partial charge on any atom is -0.497 e. The van der Waals surface area contributed by atoms with E-state index in [1.165, 1.54) is 19.2 Å². The van der Waals surface area contributed by atoms with E-state index in [0.29, 0.717) is 17.6 Å². The van der Waals surface area contributed by atoms with Crippen molar-refractivity contribution in [3.63, 3.8) is 0 Å². The Morgan fingerprint density at radius 2 is 2.00 bits per heavy atom. The number of benzene rings is 1. The van der Waals surface area contributed by atoms with E-state index in [4.69, 9.17) is 9.47 Å². The first-order valence-corrected chi connectivity index (χ1v) is 7.64. The summed E-state index contributed by atoms with van der Waals surface area (Å²) in [6.45, 7) is 5.36. The molecule has 0 radical (unpaired) electrons. The summed E-state index contributed by atoms with van der Waals surface area (Å²) in [4.78, 5) is 22.7. The predicted molar refractivity (Wildman–Crippen MR) is 88.2 cm³/mol. The molecule has 0 bridgehead atoms. The third-order valence-corrected chi connectivity index (χ3v) is 3.21. The van der Waals surface area contributed by atoms with Gasteiger partial charge in [0.25, 0.3) is 0 Å². The van der Waals surface area contributed by atoms with Crippen molar-refractivity contribution in [3.05, 3.63) is 29.3 Å². The van der Waals surface area contributed by atoms with Crippen molar-refractivity contribution in [3.8, 4) is 5.75 Å². The number of aldehydes is 1. The van der Waals surface area contributed by atoms with E-state index >= 15 is 0 Å². The molecule has 0 saturated carbocycles. The van der Waals surface area contributed by atoms with Crippen LogP contribution in [0.25, 0.3) is 0 Å². The van der Waals surface area contributed by atoms with Crippen LogP contribution in [0.1, 0.15) is 49.2 Å². The van der Waals surface area contributed by atoms with Crippen LogP contribution in [0.5, 0.6) is 5.75 Å². The van der Waals surface area contributed by atoms with Crippen molar-refractivity contribution in [1.29, 1.82) is 0 Å². The van der Waals surface area contributed by atoms with E-state index in [-0.39, 0.29) is 18.5 Å². The molecule has 0 aliphatic carbocycles. The molecule has 0 aliphatic heterocycles. The summed E-state index contributed by atoms with van der Waals surface area (Å²) in [5, 5.41) is 22.8. The first kappa shape index (κ1) is 19.9. The number of hydrogen-bond donors (Lipinski definition) is 3. The van der Waals surface area contributed by atoms with Crippen LogP contribution in [0, 0.1) is 0 Å². The summed E-state index contributed by atoms with van der Waals surface area (Å²) in [5.74, 6) is 0.481. The Labute approximate surface area is 141 Å². The zero-order valence-corrected chi connectivity index (χ0v) is 14.4. The van der Waals surface area contributed by atoms with Crippen LogP contribution in [0.2, 0.25) is 0 Å². The number of methoxy groups -OCH3 is 1. The van der Waals surface area contributed by atoms with Gasteiger partial charge in [0.1, 0.15) is 17.5 Å². The van der Waals surface area contributed by atoms with E-state index in [0.717, 1.165) is 0 Å². The molecule has 7 nitrogen and oxygen atoms in total. The van der Waals surface area contributed by atoms with Gasteiger partial charge in [-0.2, -0.15) is 0 Å². The Hall–Kier alpha value is -2.12. The molecule has 2 atom stereocenters. The molecule has 1 aromatic rings. The lowest BCUT2D eigenvalue weighted by atomic mass is 9.97. The number of hydrogen-bond acceptors (Lipinski definition) is 6. The predicted octanol–water partition coefficient (Wildman–Crippen LogP) is 1.82. The highest BCUT2D eigenvalue weighted by Crippen LogP contribution is 2.25. The fourth-order valence-electron chi connectivity index (χ4n) is 2.05. The first-order valence-electron chi connectivity index (χ1n) is 7.64. The topological polar surface area (TPSA) is 105 Å². The zero-order chi connectivity index (χ0) is 18.3. The lowest BCUT2D eigenvalue weighted by Crippen LogP contribution is -2.34. The maximum absolute atomic E-state index is 11.5. The lowest BCUT2D eigenvalue weighted by Gasteiger charge is -2.22. The van der Waals surface area contributed by atoms with Crippen molar-refractivity contribution >= 4 is 12.4 Å². The molecule has 2 unspecified atom stereocenters. The second-order valence-corrected chi connectivity index (χ2v) is 6.34. The van der Waals surface area contributed by atoms with Crippen LogP contribution in [0.4, 0.5) is 4.79 Å². The Kier molecular flexibility index (Phi) is 7.18. The number of ether oxygens (including phenoxy) is 2. The summed E-state index contributed by atoms with van der Waals surface area (Å²) in [6.07, 6.45) is -2.30. The number of nitrogens with one attached hydrogen (secondary N) is 1. The highest BCUT2D eigenvalue weighted by molar-refractivity contribution is 5.78. The zero-order valence-electron chi connectivity index (χ0n) is 14.4. The quantitative estimate of drug-likeness (QED) is 0.655. The molecule has 0 saturated heterocycles. The molecule has 0 aromatic heterocycles. The van der Waals surface area contributed by atoms with Crippen molar-refractivity contribution < 1.29 is 29.3 Å². The van der Waals surface area contributed by atoms with Gasteiger partial charge in [0.05, 0.1) is 13.2 Å². The van der Waals surface area contributed by atoms with Crippen LogP contribution in [0.3, 0.4) is 0 Å². The SMILES string of the molecule is COc1ccc(C(O)C(O)CCNC(=O)OC(C)(C)C)c(C=O)c1. The molecule has 0 aliphatic rings. The molecule has 1 rings (SSSR count). The Morgan fingerprint density at radius 1 is 1.33 bits per heavy atom. The van der Waals surface area contributed by atoms with Gasteiger partial charge in [0.2, 0.25) is 0 Å². The molecule has 24 heavy (non-hydrogen) atoms. The minimum atomic E-state index is -1.25. The number of aliphatic hydroxyl groups is 2. The van der Waals surface area contributed by atoms with Crippen molar-refractivity contribution in [2.24, 2.45) is 0 Å². The average Bonchev–Trinajstić information content (AvgIpc) is 2.51. The Balaban J connectivity index is 2.60. The smallest absolute Gasteiger partial charge is 0.407 e. The Morgan fingerprint density at radius 3 is 2.54 bits per heavy atom. The number of amides is 1. The van der Waals surface area contributed by atoms with Crippen LogP contribution >= 0.6 is 0 Å². The van der Waals surface area contributed by atoms with Crippen molar-refractivity contribution in [2.75, 3.05) is 13.7 Å². The average molecular weight is 339 g/mol. The third-order valence-electron chi connectivity index (χ3n) is 3.21. The fourth-order valence-corrected chi connectivity index (χ4v) is 2.05. The minimum absolute atomic E-state index is 0.102. The summed E-state index contributed by atoms with van der Waals surface area (Å²) in [6, 6.07) is 4.60. The highest BCUT2D eigenvalue weighted by Gasteiger charge is 2.22. The second-order valence-electron chi connectivity index (χ2n) is 6.34. The van der Waals surface area contributed by atoms with Crippen molar-refractivity contribution in [1.82, 2.24) is 5.32 Å². The number of carbonyl (C=O) groups excluding carboxylic acids is 2. The van der Waals surface area contributed by atoms with Crippen LogP contribution in [-0.2, 0) is 4.74 Å². The molecule has 1 aromatic carbocycles. The van der Waals surface area contributed by atoms with E-state index in [1.54, 1.807) is 26.8 Å². The third kappa shape index (κ3) is 6.17. The molecule has 0 heterocycles. The van der Waals surface area contributed by atoms with Crippen molar-refractivity contribution in [2.45, 2.75) is 45.0 Å². The monoisotopic (exact) mass is 339 g/mol. The van der Waals surface area contributed by atoms with Gasteiger partial charge in [-0.3, -0.25) is 4.79 Å². The molecule has 7 heteroatoms. The van der Waals surface area contributed by atoms with Gasteiger partial charge in [-0.1, -0.05) is 6.07 Å². The molecule has 0 spiro atoms. The summed E-state index contributed by atoms with van der Waals surface area (Å²) in [7, 11) is 1.47. The lowest BCUT2D eigenvalue weighted by molar-refractivity contribution is 0.0120. The summed E-state index contributed by atoms with van der Waals surface area (Å²) in [5.41, 5.74) is -0.0685. The molecule has 0 fully saturated rings. The van der Waals surface area contributed by atoms with Gasteiger partial charge < -0.3 is 25.0 Å². The summed E-state index contributed by atoms with van der Waals surface area (Å²) < 4.78 is 10.1. The normalized spacial score (nSPS) is 13.8. The second kappa shape index (κ2) is 8.65. The molecule has 1 amide bonds. The van der Waals surface area contributed by atoms with Crippen LogP contribution < -0.4 is 10.1 Å². The van der Waals surface area contributed by atoms with Gasteiger partial charge in [0, 0.05) is 12.1 Å². The first-order chi connectivity index (χ1) is 11.2. The number of rotatable bonds is 7. The highest BCUT2D eigenvalue weighted by atomic mass is 16.6. The number of carbonyl (C=O) groups is 2. The molecule has 3 N–H and O–H groups in total. The number of aliphatic hydroxyl groups excluding tert-OH is 2. The summed E-state index contributed by atoms with van der Waals surface area (Å²) >= 11 is 0. The van der Waals surface area contributed by atoms with Gasteiger partial charge in [-0.05, 0) is 44.9 Å². The number of alkyl carbamates (subject to hydrolysis) is 1. The van der Waals surface area contributed by atoms with Crippen LogP contribution in [0.15, 0.2) is 18.2 Å². The van der Waals surface area contributed by atoms with E-state index in [1.807, 2.05) is 0 Å². The van der Waals surface area contributed by atoms with Gasteiger partial charge in [-0.15, -0.1) is 0 Å². The largest absolute Gasteiger partial charge is 0.497 e. The molecule has 134 valence electrons. The van der Waals surface area contributed by atoms with Gasteiger partial charge >= 0.3 is 6.09 Å². The van der Waals surface area contributed by atoms with Gasteiger partial charge in [0.15, 0.2) is 6.29 Å². The maximum atomic E-state index is 11.5. The maximum Gasteiger partial charge on any atom is 0.407 e. The Bertz CT molecular complexity index is 567. The van der Waals surface area contributed by atoms with Crippen LogP contribution in [-0.4, -0.2) is 48.0 Å². The van der Waals surface area contributed by atoms with Gasteiger partial charge in [-0.25, -0.2) is 4.79 Å². The fraction of sp³-hybridized carbons (Fsp3) is 0.529. The molecular weight excluding hydrogens is 314 g/mol.